The standard InChI is InChI=1S/C19H22N4O/c1-14-6-3-11-23-18(24)12-15(20-19(14)23)13-22-10-5-8-17(22)16-7-4-9-21(16)2/h3-4,6-7,9,11-12,17H,5,8,10,13H2,1-2H3/p+1/t17-/m1/s1. The highest BCUT2D eigenvalue weighted by Crippen LogP contribution is 2.19. The predicted octanol–water partition coefficient (Wildman–Crippen LogP) is 1.26. The summed E-state index contributed by atoms with van der Waals surface area (Å²) in [5, 5.41) is 0. The Morgan fingerprint density at radius 1 is 1.29 bits per heavy atom. The van der Waals surface area contributed by atoms with Crippen LogP contribution in [0.3, 0.4) is 0 Å². The molecule has 24 heavy (non-hydrogen) atoms. The lowest BCUT2D eigenvalue weighted by Crippen LogP contribution is -3.09. The SMILES string of the molecule is Cc1cccn2c(=O)cc(C[NH+]3CCC[C@@H]3c3cccn3C)nc12. The molecule has 4 heterocycles. The Morgan fingerprint density at radius 2 is 2.12 bits per heavy atom. The zero-order chi connectivity index (χ0) is 16.7. The van der Waals surface area contributed by atoms with E-state index in [1.54, 1.807) is 16.7 Å². The first kappa shape index (κ1) is 15.1. The van der Waals surface area contributed by atoms with E-state index in [1.165, 1.54) is 23.4 Å². The smallest absolute Gasteiger partial charge is 0.258 e. The van der Waals surface area contributed by atoms with Gasteiger partial charge in [-0.25, -0.2) is 4.98 Å². The third-order valence-corrected chi connectivity index (χ3v) is 5.17. The van der Waals surface area contributed by atoms with E-state index in [-0.39, 0.29) is 5.56 Å². The van der Waals surface area contributed by atoms with E-state index < -0.39 is 0 Å². The minimum absolute atomic E-state index is 0.00714. The highest BCUT2D eigenvalue weighted by atomic mass is 16.1. The molecule has 2 atom stereocenters. The Labute approximate surface area is 141 Å². The molecule has 0 radical (unpaired) electrons. The highest BCUT2D eigenvalue weighted by molar-refractivity contribution is 5.46. The first-order valence-corrected chi connectivity index (χ1v) is 8.57. The van der Waals surface area contributed by atoms with Crippen molar-refractivity contribution in [3.8, 4) is 0 Å². The summed E-state index contributed by atoms with van der Waals surface area (Å²) >= 11 is 0. The van der Waals surface area contributed by atoms with Crippen LogP contribution >= 0.6 is 0 Å². The number of pyridine rings is 1. The minimum Gasteiger partial charge on any atom is -0.350 e. The van der Waals surface area contributed by atoms with Gasteiger partial charge in [-0.15, -0.1) is 0 Å². The fourth-order valence-corrected chi connectivity index (χ4v) is 3.95. The van der Waals surface area contributed by atoms with Crippen molar-refractivity contribution in [3.63, 3.8) is 0 Å². The summed E-state index contributed by atoms with van der Waals surface area (Å²) in [4.78, 5) is 18.7. The number of fused-ring (bicyclic) bond motifs is 1. The van der Waals surface area contributed by atoms with Gasteiger partial charge in [-0.05, 0) is 30.7 Å². The van der Waals surface area contributed by atoms with Crippen LogP contribution in [-0.4, -0.2) is 20.5 Å². The molecule has 5 heteroatoms. The van der Waals surface area contributed by atoms with Crippen molar-refractivity contribution >= 4 is 5.65 Å². The molecule has 0 saturated carbocycles. The largest absolute Gasteiger partial charge is 0.350 e. The molecule has 1 aliphatic rings. The Morgan fingerprint density at radius 3 is 2.92 bits per heavy atom. The molecule has 1 fully saturated rings. The summed E-state index contributed by atoms with van der Waals surface area (Å²) in [7, 11) is 2.11. The van der Waals surface area contributed by atoms with Gasteiger partial charge in [0.2, 0.25) is 0 Å². The van der Waals surface area contributed by atoms with Crippen LogP contribution in [0.1, 0.15) is 35.8 Å². The van der Waals surface area contributed by atoms with Gasteiger partial charge in [0.1, 0.15) is 23.9 Å². The van der Waals surface area contributed by atoms with Gasteiger partial charge in [0.15, 0.2) is 0 Å². The quantitative estimate of drug-likeness (QED) is 0.789. The molecule has 1 N–H and O–H groups in total. The molecule has 0 aliphatic carbocycles. The zero-order valence-electron chi connectivity index (χ0n) is 14.2. The van der Waals surface area contributed by atoms with Crippen LogP contribution < -0.4 is 10.5 Å². The lowest BCUT2D eigenvalue weighted by atomic mass is 10.1. The number of hydrogen-bond acceptors (Lipinski definition) is 2. The number of likely N-dealkylation sites (tertiary alicyclic amines) is 1. The molecule has 0 amide bonds. The van der Waals surface area contributed by atoms with Crippen LogP contribution in [0.25, 0.3) is 5.65 Å². The van der Waals surface area contributed by atoms with Crippen LogP contribution in [0.15, 0.2) is 47.5 Å². The molecule has 0 aromatic carbocycles. The number of quaternary nitrogens is 1. The van der Waals surface area contributed by atoms with Crippen LogP contribution in [0, 0.1) is 6.92 Å². The molecule has 0 bridgehead atoms. The van der Waals surface area contributed by atoms with Gasteiger partial charge in [0.05, 0.1) is 12.2 Å². The summed E-state index contributed by atoms with van der Waals surface area (Å²) < 4.78 is 3.84. The van der Waals surface area contributed by atoms with E-state index in [0.717, 1.165) is 30.0 Å². The van der Waals surface area contributed by atoms with Crippen molar-refractivity contribution in [2.24, 2.45) is 7.05 Å². The van der Waals surface area contributed by atoms with Crippen LogP contribution in [0.5, 0.6) is 0 Å². The molecular formula is C19H23N4O+. The van der Waals surface area contributed by atoms with Gasteiger partial charge in [-0.3, -0.25) is 9.20 Å². The molecule has 1 saturated heterocycles. The molecule has 3 aromatic rings. The van der Waals surface area contributed by atoms with E-state index in [9.17, 15) is 4.79 Å². The monoisotopic (exact) mass is 323 g/mol. The highest BCUT2D eigenvalue weighted by Gasteiger charge is 2.32. The molecule has 5 nitrogen and oxygen atoms in total. The summed E-state index contributed by atoms with van der Waals surface area (Å²) in [6, 6.07) is 10.4. The van der Waals surface area contributed by atoms with Gasteiger partial charge in [0.25, 0.3) is 5.56 Å². The first-order chi connectivity index (χ1) is 11.6. The van der Waals surface area contributed by atoms with Crippen LogP contribution in [-0.2, 0) is 13.6 Å². The van der Waals surface area contributed by atoms with Gasteiger partial charge in [-0.2, -0.15) is 0 Å². The topological polar surface area (TPSA) is 43.7 Å². The van der Waals surface area contributed by atoms with Crippen LogP contribution in [0.4, 0.5) is 0 Å². The summed E-state index contributed by atoms with van der Waals surface area (Å²) in [5.74, 6) is 0. The molecular weight excluding hydrogens is 300 g/mol. The van der Waals surface area contributed by atoms with E-state index in [2.05, 4.69) is 29.9 Å². The Hall–Kier alpha value is -2.40. The minimum atomic E-state index is 0.00714. The number of aryl methyl sites for hydroxylation is 2. The third kappa shape index (κ3) is 2.55. The summed E-state index contributed by atoms with van der Waals surface area (Å²) in [6.45, 7) is 3.93. The lowest BCUT2D eigenvalue weighted by Gasteiger charge is -2.22. The number of hydrogen-bond donors (Lipinski definition) is 1. The predicted molar refractivity (Wildman–Crippen MR) is 93.1 cm³/mol. The second-order valence-corrected chi connectivity index (χ2v) is 6.79. The molecule has 124 valence electrons. The first-order valence-electron chi connectivity index (χ1n) is 8.57. The Bertz CT molecular complexity index is 940. The van der Waals surface area contributed by atoms with Gasteiger partial charge in [0, 0.05) is 38.3 Å². The summed E-state index contributed by atoms with van der Waals surface area (Å²) in [5.41, 5.74) is 4.08. The maximum atomic E-state index is 12.4. The molecule has 3 aromatic heterocycles. The number of rotatable bonds is 3. The summed E-state index contributed by atoms with van der Waals surface area (Å²) in [6.07, 6.45) is 6.31. The fourth-order valence-electron chi connectivity index (χ4n) is 3.95. The normalized spacial score (nSPS) is 20.8. The van der Waals surface area contributed by atoms with Crippen molar-refractivity contribution in [1.82, 2.24) is 14.0 Å². The fraction of sp³-hybridized carbons (Fsp3) is 0.368. The zero-order valence-corrected chi connectivity index (χ0v) is 14.2. The molecule has 1 aliphatic heterocycles. The molecule has 4 rings (SSSR count). The molecule has 0 spiro atoms. The maximum absolute atomic E-state index is 12.4. The third-order valence-electron chi connectivity index (χ3n) is 5.17. The van der Waals surface area contributed by atoms with Gasteiger partial charge >= 0.3 is 0 Å². The average molecular weight is 323 g/mol. The Kier molecular flexibility index (Phi) is 3.73. The van der Waals surface area contributed by atoms with Crippen molar-refractivity contribution in [3.05, 3.63) is 70.0 Å². The average Bonchev–Trinajstić information content (AvgIpc) is 3.17. The van der Waals surface area contributed by atoms with Crippen molar-refractivity contribution in [2.75, 3.05) is 6.54 Å². The molecule has 1 unspecified atom stereocenters. The van der Waals surface area contributed by atoms with Crippen molar-refractivity contribution in [1.29, 1.82) is 0 Å². The van der Waals surface area contributed by atoms with Gasteiger partial charge < -0.3 is 9.47 Å². The number of nitrogens with one attached hydrogen (secondary N) is 1. The van der Waals surface area contributed by atoms with E-state index in [4.69, 9.17) is 4.98 Å². The second kappa shape index (κ2) is 5.91. The lowest BCUT2D eigenvalue weighted by molar-refractivity contribution is -0.932. The van der Waals surface area contributed by atoms with E-state index >= 15 is 0 Å². The van der Waals surface area contributed by atoms with Gasteiger partial charge in [-0.1, -0.05) is 6.07 Å². The number of aromatic nitrogens is 3. The Balaban J connectivity index is 1.68. The van der Waals surface area contributed by atoms with Crippen LogP contribution in [0.2, 0.25) is 0 Å². The van der Waals surface area contributed by atoms with Crippen molar-refractivity contribution in [2.45, 2.75) is 32.4 Å². The van der Waals surface area contributed by atoms with E-state index in [1.807, 2.05) is 19.1 Å². The maximum Gasteiger partial charge on any atom is 0.258 e. The second-order valence-electron chi connectivity index (χ2n) is 6.79. The van der Waals surface area contributed by atoms with E-state index in [0.29, 0.717) is 6.04 Å². The van der Waals surface area contributed by atoms with Crippen molar-refractivity contribution < 1.29 is 4.90 Å². The number of nitrogens with zero attached hydrogens (tertiary/aromatic N) is 3.